The maximum absolute atomic E-state index is 5.57. The summed E-state index contributed by atoms with van der Waals surface area (Å²) in [6, 6.07) is 3.74. The topological polar surface area (TPSA) is 51.8 Å². The third-order valence-electron chi connectivity index (χ3n) is 1.74. The number of aryl methyl sites for hydroxylation is 1. The van der Waals surface area contributed by atoms with E-state index in [4.69, 9.17) is 5.73 Å². The average Bonchev–Trinajstić information content (AvgIpc) is 2.51. The molecule has 0 saturated heterocycles. The first-order valence-corrected chi connectivity index (χ1v) is 4.78. The van der Waals surface area contributed by atoms with Gasteiger partial charge in [0.2, 0.25) is 0 Å². The maximum atomic E-state index is 5.57. The van der Waals surface area contributed by atoms with Crippen molar-refractivity contribution in [1.82, 2.24) is 9.97 Å². The van der Waals surface area contributed by atoms with E-state index in [2.05, 4.69) is 9.97 Å². The molecule has 2 aromatic rings. The van der Waals surface area contributed by atoms with Crippen LogP contribution in [0, 0.1) is 6.92 Å². The number of rotatable bonds is 1. The van der Waals surface area contributed by atoms with Crippen LogP contribution in [0.4, 0.5) is 5.82 Å². The summed E-state index contributed by atoms with van der Waals surface area (Å²) in [6.45, 7) is 2.04. The first-order valence-electron chi connectivity index (χ1n) is 3.90. The minimum Gasteiger partial charge on any atom is -0.384 e. The number of anilines is 1. The van der Waals surface area contributed by atoms with Crippen molar-refractivity contribution in [2.75, 3.05) is 5.73 Å². The zero-order valence-corrected chi connectivity index (χ0v) is 8.01. The molecule has 66 valence electrons. The lowest BCUT2D eigenvalue weighted by atomic mass is 10.3. The van der Waals surface area contributed by atoms with Gasteiger partial charge in [0, 0.05) is 6.20 Å². The lowest BCUT2D eigenvalue weighted by Crippen LogP contribution is -1.93. The van der Waals surface area contributed by atoms with E-state index in [-0.39, 0.29) is 0 Å². The van der Waals surface area contributed by atoms with Crippen molar-refractivity contribution in [3.05, 3.63) is 29.3 Å². The van der Waals surface area contributed by atoms with Gasteiger partial charge in [0.25, 0.3) is 0 Å². The molecule has 0 spiro atoms. The van der Waals surface area contributed by atoms with Gasteiger partial charge in [0.05, 0.1) is 4.88 Å². The highest BCUT2D eigenvalue weighted by molar-refractivity contribution is 7.13. The Balaban J connectivity index is 2.53. The van der Waals surface area contributed by atoms with Gasteiger partial charge in [-0.15, -0.1) is 11.3 Å². The second kappa shape index (κ2) is 3.14. The molecule has 2 N–H and O–H groups in total. The van der Waals surface area contributed by atoms with Crippen molar-refractivity contribution in [3.8, 4) is 10.7 Å². The summed E-state index contributed by atoms with van der Waals surface area (Å²) in [4.78, 5) is 9.41. The Bertz CT molecular complexity index is 422. The number of aromatic nitrogens is 2. The highest BCUT2D eigenvalue weighted by Gasteiger charge is 2.05. The predicted molar refractivity (Wildman–Crippen MR) is 54.5 cm³/mol. The molecule has 0 aliphatic heterocycles. The summed E-state index contributed by atoms with van der Waals surface area (Å²) in [5, 5.41) is 2.03. The molecule has 0 unspecified atom stereocenters. The van der Waals surface area contributed by atoms with E-state index in [9.17, 15) is 0 Å². The van der Waals surface area contributed by atoms with E-state index in [0.717, 1.165) is 4.88 Å². The zero-order chi connectivity index (χ0) is 9.26. The fourth-order valence-electron chi connectivity index (χ4n) is 1.08. The van der Waals surface area contributed by atoms with Crippen molar-refractivity contribution < 1.29 is 0 Å². The first-order chi connectivity index (χ1) is 6.27. The normalized spacial score (nSPS) is 10.2. The average molecular weight is 191 g/mol. The molecule has 0 aliphatic rings. The summed E-state index contributed by atoms with van der Waals surface area (Å²) in [5.41, 5.74) is 6.76. The second-order valence-electron chi connectivity index (χ2n) is 2.74. The third-order valence-corrected chi connectivity index (χ3v) is 2.75. The third kappa shape index (κ3) is 1.53. The van der Waals surface area contributed by atoms with Gasteiger partial charge in [-0.05, 0) is 30.0 Å². The van der Waals surface area contributed by atoms with Gasteiger partial charge in [-0.3, -0.25) is 0 Å². The van der Waals surface area contributed by atoms with E-state index in [1.807, 2.05) is 18.4 Å². The number of nitrogen functional groups attached to an aromatic ring is 1. The van der Waals surface area contributed by atoms with Gasteiger partial charge in [-0.2, -0.15) is 0 Å². The van der Waals surface area contributed by atoms with E-state index in [0.29, 0.717) is 11.6 Å². The standard InChI is InChI=1S/C9H9N3S/c1-6-3-5-13-8(6)9-11-4-2-7(10)12-9/h2-5H,1H3,(H2,10,11,12). The lowest BCUT2D eigenvalue weighted by Gasteiger charge is -1.98. The Labute approximate surface area is 80.3 Å². The van der Waals surface area contributed by atoms with Crippen LogP contribution in [0.5, 0.6) is 0 Å². The van der Waals surface area contributed by atoms with Crippen LogP contribution in [0.2, 0.25) is 0 Å². The van der Waals surface area contributed by atoms with E-state index < -0.39 is 0 Å². The maximum Gasteiger partial charge on any atom is 0.171 e. The Kier molecular flexibility index (Phi) is 1.98. The molecule has 13 heavy (non-hydrogen) atoms. The molecule has 0 amide bonds. The Morgan fingerprint density at radius 1 is 1.38 bits per heavy atom. The Hall–Kier alpha value is -1.42. The van der Waals surface area contributed by atoms with E-state index in [1.165, 1.54) is 5.56 Å². The van der Waals surface area contributed by atoms with Crippen molar-refractivity contribution in [2.24, 2.45) is 0 Å². The van der Waals surface area contributed by atoms with Crippen LogP contribution in [-0.2, 0) is 0 Å². The predicted octanol–water partition coefficient (Wildman–Crippen LogP) is 2.10. The van der Waals surface area contributed by atoms with Gasteiger partial charge < -0.3 is 5.73 Å². The quantitative estimate of drug-likeness (QED) is 0.751. The van der Waals surface area contributed by atoms with Crippen molar-refractivity contribution in [2.45, 2.75) is 6.92 Å². The number of nitrogens with zero attached hydrogens (tertiary/aromatic N) is 2. The van der Waals surface area contributed by atoms with Crippen LogP contribution in [0.15, 0.2) is 23.7 Å². The summed E-state index contributed by atoms with van der Waals surface area (Å²) in [6.07, 6.45) is 1.68. The Morgan fingerprint density at radius 3 is 2.85 bits per heavy atom. The van der Waals surface area contributed by atoms with Crippen molar-refractivity contribution in [3.63, 3.8) is 0 Å². The molecule has 4 heteroatoms. The molecule has 0 saturated carbocycles. The van der Waals surface area contributed by atoms with Crippen molar-refractivity contribution >= 4 is 17.2 Å². The van der Waals surface area contributed by atoms with E-state index >= 15 is 0 Å². The van der Waals surface area contributed by atoms with Gasteiger partial charge in [-0.25, -0.2) is 9.97 Å². The van der Waals surface area contributed by atoms with Crippen molar-refractivity contribution in [1.29, 1.82) is 0 Å². The van der Waals surface area contributed by atoms with Crippen LogP contribution < -0.4 is 5.73 Å². The smallest absolute Gasteiger partial charge is 0.171 e. The van der Waals surface area contributed by atoms with Gasteiger partial charge in [-0.1, -0.05) is 0 Å². The minimum atomic E-state index is 0.512. The molecule has 2 rings (SSSR count). The minimum absolute atomic E-state index is 0.512. The monoisotopic (exact) mass is 191 g/mol. The molecule has 0 bridgehead atoms. The largest absolute Gasteiger partial charge is 0.384 e. The van der Waals surface area contributed by atoms with Gasteiger partial charge in [0.1, 0.15) is 5.82 Å². The summed E-state index contributed by atoms with van der Waals surface area (Å²) in [5.74, 6) is 1.23. The summed E-state index contributed by atoms with van der Waals surface area (Å²) >= 11 is 1.63. The first kappa shape index (κ1) is 8.19. The fourth-order valence-corrected chi connectivity index (χ4v) is 1.95. The SMILES string of the molecule is Cc1ccsc1-c1nccc(N)n1. The van der Waals surface area contributed by atoms with E-state index in [1.54, 1.807) is 23.6 Å². The molecule has 0 radical (unpaired) electrons. The lowest BCUT2D eigenvalue weighted by molar-refractivity contribution is 1.19. The fraction of sp³-hybridized carbons (Fsp3) is 0.111. The van der Waals surface area contributed by atoms with Crippen LogP contribution in [0.1, 0.15) is 5.56 Å². The zero-order valence-electron chi connectivity index (χ0n) is 7.19. The molecule has 0 aliphatic carbocycles. The molecule has 2 aromatic heterocycles. The number of hydrogen-bond donors (Lipinski definition) is 1. The van der Waals surface area contributed by atoms with Crippen LogP contribution in [-0.4, -0.2) is 9.97 Å². The van der Waals surface area contributed by atoms with Gasteiger partial charge >= 0.3 is 0 Å². The molecular weight excluding hydrogens is 182 g/mol. The Morgan fingerprint density at radius 2 is 2.23 bits per heavy atom. The number of nitrogens with two attached hydrogens (primary N) is 1. The molecular formula is C9H9N3S. The van der Waals surface area contributed by atoms with Crippen LogP contribution in [0.3, 0.4) is 0 Å². The summed E-state index contributed by atoms with van der Waals surface area (Å²) < 4.78 is 0. The second-order valence-corrected chi connectivity index (χ2v) is 3.65. The molecule has 0 atom stereocenters. The molecule has 0 fully saturated rings. The van der Waals surface area contributed by atoms with Crippen LogP contribution in [0.25, 0.3) is 10.7 Å². The van der Waals surface area contributed by atoms with Gasteiger partial charge in [0.15, 0.2) is 5.82 Å². The number of thiophene rings is 1. The highest BCUT2D eigenvalue weighted by Crippen LogP contribution is 2.25. The summed E-state index contributed by atoms with van der Waals surface area (Å²) in [7, 11) is 0. The van der Waals surface area contributed by atoms with Crippen LogP contribution >= 0.6 is 11.3 Å². The molecule has 3 nitrogen and oxygen atoms in total. The molecule has 2 heterocycles. The highest BCUT2D eigenvalue weighted by atomic mass is 32.1. The molecule has 0 aromatic carbocycles. The number of hydrogen-bond acceptors (Lipinski definition) is 4.